The average molecular weight is 580 g/mol. The third-order valence-corrected chi connectivity index (χ3v) is 7.93. The van der Waals surface area contributed by atoms with E-state index >= 15 is 0 Å². The summed E-state index contributed by atoms with van der Waals surface area (Å²) in [6, 6.07) is 13.2. The van der Waals surface area contributed by atoms with Crippen molar-refractivity contribution < 1.29 is 33.8 Å². The SMILES string of the molecule is COC(=O)[C@@H]1C[C@@H](O)CN1C(=O)[C@@H](NC(=O)[C@H](CC(C)C)NC(=O)OCC1c2ccccc2-c2ccccc21)C(C)C. The standard InChI is InChI=1S/C32H41N3O7/c1-18(2)14-26(29(37)34-28(19(3)4)30(38)35-16-20(36)15-27(35)31(39)41-5)33-32(40)42-17-25-23-12-8-6-10-21(23)22-11-7-9-13-24(22)25/h6-13,18-20,25-28,36H,14-17H2,1-5H3,(H,33,40)(H,34,37)/t20-,26+,27+,28+/m1/s1. The van der Waals surface area contributed by atoms with E-state index in [1.165, 1.54) is 12.0 Å². The number of likely N-dealkylation sites (tertiary alicyclic amines) is 1. The van der Waals surface area contributed by atoms with Crippen LogP contribution in [0.2, 0.25) is 0 Å². The maximum atomic E-state index is 13.5. The average Bonchev–Trinajstić information content (AvgIpc) is 3.51. The van der Waals surface area contributed by atoms with Crippen molar-refractivity contribution in [2.45, 2.75) is 70.7 Å². The summed E-state index contributed by atoms with van der Waals surface area (Å²) >= 11 is 0. The van der Waals surface area contributed by atoms with Gasteiger partial charge in [0.1, 0.15) is 24.7 Å². The number of ether oxygens (including phenoxy) is 2. The van der Waals surface area contributed by atoms with Gasteiger partial charge in [-0.1, -0.05) is 76.2 Å². The van der Waals surface area contributed by atoms with Gasteiger partial charge in [0.25, 0.3) is 0 Å². The lowest BCUT2D eigenvalue weighted by molar-refractivity contribution is -0.152. The molecule has 10 nitrogen and oxygen atoms in total. The Morgan fingerprint density at radius 3 is 2.10 bits per heavy atom. The number of aliphatic hydroxyl groups is 1. The molecule has 0 aromatic heterocycles. The second kappa shape index (κ2) is 13.4. The van der Waals surface area contributed by atoms with Crippen molar-refractivity contribution in [1.29, 1.82) is 0 Å². The number of β-amino-alcohol motifs (C(OH)–C–C–N with tert-alkyl or cyclic N) is 1. The summed E-state index contributed by atoms with van der Waals surface area (Å²) in [6.07, 6.45) is -1.21. The van der Waals surface area contributed by atoms with Crippen molar-refractivity contribution in [3.8, 4) is 11.1 Å². The van der Waals surface area contributed by atoms with Crippen LogP contribution in [-0.4, -0.2) is 78.4 Å². The van der Waals surface area contributed by atoms with Gasteiger partial charge in [0, 0.05) is 18.9 Å². The number of carbonyl (C=O) groups is 4. The normalized spacial score (nSPS) is 19.2. The van der Waals surface area contributed by atoms with Gasteiger partial charge in [-0.2, -0.15) is 0 Å². The molecule has 1 saturated heterocycles. The number of nitrogens with one attached hydrogen (secondary N) is 2. The molecule has 0 spiro atoms. The first kappa shape index (κ1) is 31.0. The Bertz CT molecular complexity index is 1270. The van der Waals surface area contributed by atoms with E-state index in [0.29, 0.717) is 6.42 Å². The highest BCUT2D eigenvalue weighted by Crippen LogP contribution is 2.44. The molecule has 4 rings (SSSR count). The molecule has 1 aliphatic carbocycles. The van der Waals surface area contributed by atoms with Crippen LogP contribution in [0.15, 0.2) is 48.5 Å². The van der Waals surface area contributed by atoms with Gasteiger partial charge < -0.3 is 30.1 Å². The molecule has 1 aliphatic heterocycles. The van der Waals surface area contributed by atoms with E-state index in [2.05, 4.69) is 22.8 Å². The second-order valence-corrected chi connectivity index (χ2v) is 11.8. The van der Waals surface area contributed by atoms with E-state index in [0.717, 1.165) is 22.3 Å². The summed E-state index contributed by atoms with van der Waals surface area (Å²) < 4.78 is 10.5. The number of benzene rings is 2. The van der Waals surface area contributed by atoms with Crippen LogP contribution in [0, 0.1) is 11.8 Å². The minimum absolute atomic E-state index is 0.0366. The first-order valence-electron chi connectivity index (χ1n) is 14.5. The molecule has 2 aromatic carbocycles. The van der Waals surface area contributed by atoms with Gasteiger partial charge in [-0.25, -0.2) is 9.59 Å². The maximum Gasteiger partial charge on any atom is 0.407 e. The highest BCUT2D eigenvalue weighted by molar-refractivity contribution is 5.93. The van der Waals surface area contributed by atoms with Crippen LogP contribution in [0.4, 0.5) is 4.79 Å². The lowest BCUT2D eigenvalue weighted by atomic mass is 9.98. The Morgan fingerprint density at radius 1 is 0.952 bits per heavy atom. The van der Waals surface area contributed by atoms with Crippen molar-refractivity contribution in [3.63, 3.8) is 0 Å². The van der Waals surface area contributed by atoms with E-state index in [1.807, 2.05) is 50.2 Å². The van der Waals surface area contributed by atoms with E-state index in [9.17, 15) is 24.3 Å². The van der Waals surface area contributed by atoms with Crippen LogP contribution < -0.4 is 10.6 Å². The van der Waals surface area contributed by atoms with E-state index in [-0.39, 0.29) is 37.3 Å². The molecular formula is C32H41N3O7. The van der Waals surface area contributed by atoms with Crippen molar-refractivity contribution in [1.82, 2.24) is 15.5 Å². The predicted molar refractivity (Wildman–Crippen MR) is 156 cm³/mol. The van der Waals surface area contributed by atoms with E-state index in [4.69, 9.17) is 9.47 Å². The molecule has 42 heavy (non-hydrogen) atoms. The molecule has 0 radical (unpaired) electrons. The molecule has 3 N–H and O–H groups in total. The van der Waals surface area contributed by atoms with Gasteiger partial charge in [-0.15, -0.1) is 0 Å². The highest BCUT2D eigenvalue weighted by atomic mass is 16.5. The number of rotatable bonds is 10. The zero-order valence-electron chi connectivity index (χ0n) is 24.8. The minimum Gasteiger partial charge on any atom is -0.467 e. The number of aliphatic hydroxyl groups excluding tert-OH is 1. The number of alkyl carbamates (subject to hydrolysis) is 1. The largest absolute Gasteiger partial charge is 0.467 e. The highest BCUT2D eigenvalue weighted by Gasteiger charge is 2.43. The molecule has 0 saturated carbocycles. The first-order valence-corrected chi connectivity index (χ1v) is 14.5. The van der Waals surface area contributed by atoms with Crippen LogP contribution in [0.3, 0.4) is 0 Å². The van der Waals surface area contributed by atoms with Gasteiger partial charge in [0.2, 0.25) is 11.8 Å². The van der Waals surface area contributed by atoms with Crippen LogP contribution in [0.5, 0.6) is 0 Å². The minimum atomic E-state index is -0.978. The fourth-order valence-electron chi connectivity index (χ4n) is 5.85. The number of amides is 3. The summed E-state index contributed by atoms with van der Waals surface area (Å²) in [6.45, 7) is 7.48. The van der Waals surface area contributed by atoms with Gasteiger partial charge in [0.05, 0.1) is 13.2 Å². The Kier molecular flexibility index (Phi) is 9.88. The zero-order chi connectivity index (χ0) is 30.6. The topological polar surface area (TPSA) is 134 Å². The number of carbonyl (C=O) groups excluding carboxylic acids is 4. The monoisotopic (exact) mass is 579 g/mol. The van der Waals surface area contributed by atoms with Gasteiger partial charge in [-0.3, -0.25) is 9.59 Å². The molecule has 3 amide bonds. The lowest BCUT2D eigenvalue weighted by Gasteiger charge is -2.31. The third kappa shape index (κ3) is 6.75. The summed E-state index contributed by atoms with van der Waals surface area (Å²) in [4.78, 5) is 53.5. The first-order chi connectivity index (χ1) is 20.0. The van der Waals surface area contributed by atoms with Crippen LogP contribution in [-0.2, 0) is 23.9 Å². The smallest absolute Gasteiger partial charge is 0.407 e. The quantitative estimate of drug-likeness (QED) is 0.368. The molecule has 1 heterocycles. The van der Waals surface area contributed by atoms with Crippen LogP contribution >= 0.6 is 0 Å². The molecule has 2 aromatic rings. The number of hydrogen-bond acceptors (Lipinski definition) is 7. The van der Waals surface area contributed by atoms with E-state index in [1.54, 1.807) is 13.8 Å². The van der Waals surface area contributed by atoms with Crippen molar-refractivity contribution in [3.05, 3.63) is 59.7 Å². The Hall–Kier alpha value is -3.92. The molecule has 1 fully saturated rings. The second-order valence-electron chi connectivity index (χ2n) is 11.8. The molecule has 0 unspecified atom stereocenters. The fourth-order valence-corrected chi connectivity index (χ4v) is 5.85. The molecular weight excluding hydrogens is 538 g/mol. The lowest BCUT2D eigenvalue weighted by Crippen LogP contribution is -2.57. The van der Waals surface area contributed by atoms with Gasteiger partial charge >= 0.3 is 12.1 Å². The number of nitrogens with zero attached hydrogens (tertiary/aromatic N) is 1. The zero-order valence-corrected chi connectivity index (χ0v) is 24.8. The Morgan fingerprint density at radius 2 is 1.55 bits per heavy atom. The maximum absolute atomic E-state index is 13.5. The van der Waals surface area contributed by atoms with E-state index < -0.39 is 48.1 Å². The summed E-state index contributed by atoms with van der Waals surface area (Å²) in [5.41, 5.74) is 4.39. The summed E-state index contributed by atoms with van der Waals surface area (Å²) in [7, 11) is 1.23. The number of hydrogen-bond donors (Lipinski definition) is 3. The number of methoxy groups -OCH3 is 1. The summed E-state index contributed by atoms with van der Waals surface area (Å²) in [5.74, 6) is -2.04. The molecule has 0 bridgehead atoms. The predicted octanol–water partition coefficient (Wildman–Crippen LogP) is 3.22. The molecule has 10 heteroatoms. The molecule has 2 aliphatic rings. The van der Waals surface area contributed by atoms with Crippen molar-refractivity contribution in [2.75, 3.05) is 20.3 Å². The number of esters is 1. The van der Waals surface area contributed by atoms with Crippen molar-refractivity contribution in [2.24, 2.45) is 11.8 Å². The fraction of sp³-hybridized carbons (Fsp3) is 0.500. The summed E-state index contributed by atoms with van der Waals surface area (Å²) in [5, 5.41) is 15.6. The molecule has 226 valence electrons. The number of fused-ring (bicyclic) bond motifs is 3. The molecule has 4 atom stereocenters. The van der Waals surface area contributed by atoms with Crippen molar-refractivity contribution >= 4 is 23.9 Å². The third-order valence-electron chi connectivity index (χ3n) is 7.93. The van der Waals surface area contributed by atoms with Gasteiger partial charge in [0.15, 0.2) is 0 Å². The Labute approximate surface area is 246 Å². The van der Waals surface area contributed by atoms with Crippen LogP contribution in [0.25, 0.3) is 11.1 Å². The van der Waals surface area contributed by atoms with Gasteiger partial charge in [-0.05, 0) is 40.5 Å². The van der Waals surface area contributed by atoms with Crippen LogP contribution in [0.1, 0.15) is 57.6 Å². The Balaban J connectivity index is 1.43.